The number of benzene rings is 5. The van der Waals surface area contributed by atoms with Crippen LogP contribution in [0.5, 0.6) is 23.0 Å². The normalized spacial score (nSPS) is 10.4. The van der Waals surface area contributed by atoms with Crippen LogP contribution in [0.25, 0.3) is 11.1 Å². The first-order valence-corrected chi connectivity index (χ1v) is 16.6. The average Bonchev–Trinajstić information content (AvgIpc) is 3.14. The Morgan fingerprint density at radius 1 is 0.560 bits per heavy atom. The molecule has 0 aromatic heterocycles. The quantitative estimate of drug-likeness (QED) is 0.0740. The fraction of sp³-hybridized carbons (Fsp3) is 0.214. The standard InChI is InChI=1S/C27H30O3.C15H12O5/c1-2-3-4-5-6-12-19-30-22-17-18-24(26(28)20-22)23-15-10-11-16-25(23)27(29)21-13-8-7-9-14-21;1-20-9-6-7-12(13(16)8-9)14(17)10-4-2-3-5-11(10)15(18)19/h7-11,13-18,20,28H,2-6,12,19H2,1H3;2-8,16H,1H3,(H,18,19). The van der Waals surface area contributed by atoms with Gasteiger partial charge < -0.3 is 24.8 Å². The van der Waals surface area contributed by atoms with Crippen molar-refractivity contribution in [3.05, 3.63) is 143 Å². The van der Waals surface area contributed by atoms with Crippen LogP contribution in [0.1, 0.15) is 87.6 Å². The Bertz CT molecular complexity index is 1900. The van der Waals surface area contributed by atoms with Crippen LogP contribution in [0.4, 0.5) is 0 Å². The van der Waals surface area contributed by atoms with Gasteiger partial charge in [0.05, 0.1) is 24.8 Å². The second kappa shape index (κ2) is 18.6. The lowest BCUT2D eigenvalue weighted by Crippen LogP contribution is -2.09. The first kappa shape index (κ1) is 36.9. The monoisotopic (exact) mass is 674 g/mol. The highest BCUT2D eigenvalue weighted by atomic mass is 16.5. The van der Waals surface area contributed by atoms with Crippen molar-refractivity contribution < 1.29 is 39.2 Å². The summed E-state index contributed by atoms with van der Waals surface area (Å²) in [5, 5.41) is 29.5. The Hall–Kier alpha value is -5.89. The van der Waals surface area contributed by atoms with Gasteiger partial charge >= 0.3 is 5.97 Å². The third kappa shape index (κ3) is 9.82. The van der Waals surface area contributed by atoms with E-state index in [1.807, 2.05) is 48.5 Å². The van der Waals surface area contributed by atoms with Crippen LogP contribution in [0, 0.1) is 0 Å². The third-order valence-corrected chi connectivity index (χ3v) is 8.09. The summed E-state index contributed by atoms with van der Waals surface area (Å²) in [5.41, 5.74) is 2.49. The van der Waals surface area contributed by atoms with Gasteiger partial charge in [0, 0.05) is 34.4 Å². The number of carboxylic acid groups (broad SMARTS) is 1. The minimum atomic E-state index is -1.19. The van der Waals surface area contributed by atoms with Crippen LogP contribution in [-0.4, -0.2) is 46.6 Å². The molecule has 0 bridgehead atoms. The van der Waals surface area contributed by atoms with E-state index in [9.17, 15) is 24.6 Å². The number of phenolic OH excluding ortho intramolecular Hbond substituents is 2. The summed E-state index contributed by atoms with van der Waals surface area (Å²) in [7, 11) is 1.44. The van der Waals surface area contributed by atoms with Gasteiger partial charge in [0.1, 0.15) is 23.0 Å². The third-order valence-electron chi connectivity index (χ3n) is 8.09. The molecule has 0 saturated heterocycles. The molecule has 0 amide bonds. The number of carboxylic acids is 1. The zero-order valence-corrected chi connectivity index (χ0v) is 28.3. The number of aromatic hydroxyl groups is 2. The highest BCUT2D eigenvalue weighted by Gasteiger charge is 2.20. The van der Waals surface area contributed by atoms with Crippen LogP contribution >= 0.6 is 0 Å². The smallest absolute Gasteiger partial charge is 0.336 e. The van der Waals surface area contributed by atoms with E-state index in [4.69, 9.17) is 14.6 Å². The second-order valence-corrected chi connectivity index (χ2v) is 11.6. The molecule has 0 spiro atoms. The highest BCUT2D eigenvalue weighted by molar-refractivity contribution is 6.15. The van der Waals surface area contributed by atoms with Crippen molar-refractivity contribution in [2.45, 2.75) is 45.4 Å². The number of carbonyl (C=O) groups excluding carboxylic acids is 2. The molecule has 0 heterocycles. The Morgan fingerprint density at radius 2 is 1.16 bits per heavy atom. The fourth-order valence-corrected chi connectivity index (χ4v) is 5.41. The lowest BCUT2D eigenvalue weighted by molar-refractivity contribution is 0.0692. The number of hydrogen-bond acceptors (Lipinski definition) is 7. The minimum Gasteiger partial charge on any atom is -0.507 e. The average molecular weight is 675 g/mol. The van der Waals surface area contributed by atoms with Gasteiger partial charge in [0.25, 0.3) is 0 Å². The molecule has 3 N–H and O–H groups in total. The summed E-state index contributed by atoms with van der Waals surface area (Å²) >= 11 is 0. The molecule has 0 atom stereocenters. The maximum atomic E-state index is 13.0. The number of hydrogen-bond donors (Lipinski definition) is 3. The van der Waals surface area contributed by atoms with Crippen LogP contribution in [0.3, 0.4) is 0 Å². The van der Waals surface area contributed by atoms with E-state index < -0.39 is 11.8 Å². The van der Waals surface area contributed by atoms with E-state index in [-0.39, 0.29) is 34.0 Å². The van der Waals surface area contributed by atoms with E-state index in [1.54, 1.807) is 30.3 Å². The first-order chi connectivity index (χ1) is 24.2. The Labute approximate surface area is 292 Å². The molecule has 0 saturated carbocycles. The number of methoxy groups -OCH3 is 1. The summed E-state index contributed by atoms with van der Waals surface area (Å²) in [5.74, 6) is -0.889. The van der Waals surface area contributed by atoms with E-state index in [2.05, 4.69) is 6.92 Å². The number of ether oxygens (including phenoxy) is 2. The maximum Gasteiger partial charge on any atom is 0.336 e. The van der Waals surface area contributed by atoms with Crippen molar-refractivity contribution in [3.63, 3.8) is 0 Å². The van der Waals surface area contributed by atoms with Crippen molar-refractivity contribution in [1.82, 2.24) is 0 Å². The molecule has 8 nitrogen and oxygen atoms in total. The summed E-state index contributed by atoms with van der Waals surface area (Å²) in [6, 6.07) is 32.0. The highest BCUT2D eigenvalue weighted by Crippen LogP contribution is 2.35. The number of phenols is 2. The van der Waals surface area contributed by atoms with E-state index in [0.29, 0.717) is 40.4 Å². The Balaban J connectivity index is 0.000000244. The molecule has 0 aliphatic heterocycles. The topological polar surface area (TPSA) is 130 Å². The molecule has 0 radical (unpaired) electrons. The van der Waals surface area contributed by atoms with Crippen molar-refractivity contribution in [2.24, 2.45) is 0 Å². The molecular weight excluding hydrogens is 632 g/mol. The zero-order valence-electron chi connectivity index (χ0n) is 28.3. The van der Waals surface area contributed by atoms with Crippen molar-refractivity contribution >= 4 is 17.5 Å². The zero-order chi connectivity index (χ0) is 35.9. The number of ketones is 2. The summed E-state index contributed by atoms with van der Waals surface area (Å²) in [4.78, 5) is 36.4. The molecule has 258 valence electrons. The summed E-state index contributed by atoms with van der Waals surface area (Å²) in [6.07, 6.45) is 7.26. The van der Waals surface area contributed by atoms with Gasteiger partial charge in [0.2, 0.25) is 0 Å². The van der Waals surface area contributed by atoms with Crippen LogP contribution in [-0.2, 0) is 0 Å². The summed E-state index contributed by atoms with van der Waals surface area (Å²) < 4.78 is 10.7. The fourth-order valence-electron chi connectivity index (χ4n) is 5.41. The van der Waals surface area contributed by atoms with Gasteiger partial charge in [-0.25, -0.2) is 4.79 Å². The number of rotatable bonds is 15. The molecular formula is C42H42O8. The molecule has 5 rings (SSSR count). The molecule has 8 heteroatoms. The van der Waals surface area contributed by atoms with Crippen LogP contribution < -0.4 is 9.47 Å². The van der Waals surface area contributed by atoms with E-state index >= 15 is 0 Å². The van der Waals surface area contributed by atoms with Gasteiger partial charge in [-0.2, -0.15) is 0 Å². The molecule has 0 aliphatic carbocycles. The lowest BCUT2D eigenvalue weighted by Gasteiger charge is -2.12. The van der Waals surface area contributed by atoms with Crippen LogP contribution in [0.2, 0.25) is 0 Å². The van der Waals surface area contributed by atoms with Gasteiger partial charge in [-0.1, -0.05) is 112 Å². The largest absolute Gasteiger partial charge is 0.507 e. The van der Waals surface area contributed by atoms with Gasteiger partial charge in [-0.15, -0.1) is 0 Å². The molecule has 0 fully saturated rings. The maximum absolute atomic E-state index is 13.0. The molecule has 50 heavy (non-hydrogen) atoms. The van der Waals surface area contributed by atoms with Gasteiger partial charge in [-0.3, -0.25) is 9.59 Å². The van der Waals surface area contributed by atoms with Gasteiger partial charge in [-0.05, 0) is 42.3 Å². The Kier molecular flexibility index (Phi) is 13.7. The van der Waals surface area contributed by atoms with E-state index in [1.165, 1.54) is 75.6 Å². The summed E-state index contributed by atoms with van der Waals surface area (Å²) in [6.45, 7) is 2.86. The first-order valence-electron chi connectivity index (χ1n) is 16.6. The number of carbonyl (C=O) groups is 3. The molecule has 0 aliphatic rings. The van der Waals surface area contributed by atoms with Crippen molar-refractivity contribution in [3.8, 4) is 34.1 Å². The molecule has 5 aromatic rings. The van der Waals surface area contributed by atoms with Crippen molar-refractivity contribution in [2.75, 3.05) is 13.7 Å². The molecule has 0 unspecified atom stereocenters. The van der Waals surface area contributed by atoms with Crippen molar-refractivity contribution in [1.29, 1.82) is 0 Å². The second-order valence-electron chi connectivity index (χ2n) is 11.6. The number of unbranched alkanes of at least 4 members (excludes halogenated alkanes) is 5. The van der Waals surface area contributed by atoms with Gasteiger partial charge in [0.15, 0.2) is 11.6 Å². The number of aromatic carboxylic acids is 1. The minimum absolute atomic E-state index is 0.0273. The SMILES string of the molecule is CCCCCCCCOc1ccc(-c2ccccc2C(=O)c2ccccc2)c(O)c1.COc1ccc(C(=O)c2ccccc2C(=O)O)c(O)c1. The molecule has 5 aromatic carbocycles. The van der Waals surface area contributed by atoms with E-state index in [0.717, 1.165) is 6.42 Å². The predicted molar refractivity (Wildman–Crippen MR) is 194 cm³/mol. The lowest BCUT2D eigenvalue weighted by atomic mass is 9.93. The predicted octanol–water partition coefficient (Wildman–Crippen LogP) is 9.36. The Morgan fingerprint density at radius 3 is 1.82 bits per heavy atom. The van der Waals surface area contributed by atoms with Crippen LogP contribution in [0.15, 0.2) is 115 Å².